The Balaban J connectivity index is 2.20. The van der Waals surface area contributed by atoms with Crippen LogP contribution < -0.4 is 0 Å². The minimum Gasteiger partial charge on any atom is -0.350 e. The van der Waals surface area contributed by atoms with Gasteiger partial charge in [-0.05, 0) is 6.42 Å². The number of carbonyl (C=O) groups excluding carboxylic acids is 1. The Bertz CT molecular complexity index is 614. The lowest BCUT2D eigenvalue weighted by molar-refractivity contribution is 0.0734. The van der Waals surface area contributed by atoms with E-state index in [0.717, 1.165) is 12.0 Å². The molecule has 1 amide bonds. The van der Waals surface area contributed by atoms with Gasteiger partial charge in [0.15, 0.2) is 0 Å². The summed E-state index contributed by atoms with van der Waals surface area (Å²) in [5.74, 6) is -0.143. The summed E-state index contributed by atoms with van der Waals surface area (Å²) in [6.07, 6.45) is 0.785. The van der Waals surface area contributed by atoms with Crippen LogP contribution in [0.4, 0.5) is 0 Å². The fourth-order valence-corrected chi connectivity index (χ4v) is 1.88. The van der Waals surface area contributed by atoms with Gasteiger partial charge < -0.3 is 9.42 Å². The first kappa shape index (κ1) is 13.8. The highest BCUT2D eigenvalue weighted by Crippen LogP contribution is 2.19. The van der Waals surface area contributed by atoms with E-state index in [4.69, 9.17) is 9.78 Å². The molecule has 0 radical (unpaired) electrons. The summed E-state index contributed by atoms with van der Waals surface area (Å²) < 4.78 is 5.10. The molecule has 0 saturated heterocycles. The van der Waals surface area contributed by atoms with Gasteiger partial charge in [0.05, 0.1) is 6.07 Å². The van der Waals surface area contributed by atoms with Crippen molar-refractivity contribution in [2.75, 3.05) is 13.1 Å². The number of hydrogen-bond acceptors (Lipinski definition) is 4. The van der Waals surface area contributed by atoms with Crippen LogP contribution in [0.5, 0.6) is 0 Å². The Labute approximate surface area is 117 Å². The zero-order chi connectivity index (χ0) is 14.4. The molecule has 1 heterocycles. The molecule has 1 aromatic carbocycles. The van der Waals surface area contributed by atoms with E-state index in [-0.39, 0.29) is 18.2 Å². The molecule has 0 aliphatic rings. The van der Waals surface area contributed by atoms with Gasteiger partial charge in [-0.1, -0.05) is 42.4 Å². The van der Waals surface area contributed by atoms with Crippen molar-refractivity contribution < 1.29 is 9.32 Å². The van der Waals surface area contributed by atoms with Gasteiger partial charge in [0.2, 0.25) is 5.76 Å². The molecule has 102 valence electrons. The van der Waals surface area contributed by atoms with E-state index in [9.17, 15) is 4.79 Å². The third kappa shape index (κ3) is 3.04. The van der Waals surface area contributed by atoms with Gasteiger partial charge >= 0.3 is 0 Å². The molecule has 5 heteroatoms. The van der Waals surface area contributed by atoms with Gasteiger partial charge in [-0.25, -0.2) is 0 Å². The van der Waals surface area contributed by atoms with Crippen LogP contribution in [-0.4, -0.2) is 29.1 Å². The average molecular weight is 269 g/mol. The van der Waals surface area contributed by atoms with E-state index in [2.05, 4.69) is 5.16 Å². The van der Waals surface area contributed by atoms with Gasteiger partial charge in [-0.3, -0.25) is 4.79 Å². The molecule has 0 bridgehead atoms. The summed E-state index contributed by atoms with van der Waals surface area (Å²) in [7, 11) is 0. The topological polar surface area (TPSA) is 70.1 Å². The molecule has 20 heavy (non-hydrogen) atoms. The molecule has 0 aliphatic heterocycles. The molecule has 2 aromatic rings. The summed E-state index contributed by atoms with van der Waals surface area (Å²) >= 11 is 0. The first-order valence-electron chi connectivity index (χ1n) is 6.44. The molecule has 0 spiro atoms. The molecule has 0 saturated carbocycles. The molecule has 5 nitrogen and oxygen atoms in total. The molecule has 0 fully saturated rings. The minimum absolute atomic E-state index is 0.0496. The standard InChI is InChI=1S/C15H15N3O2/c1-2-9-18(10-8-16)15(19)14-11-13(17-20-14)12-6-4-3-5-7-12/h3-7,11H,2,9-10H2,1H3. The maximum absolute atomic E-state index is 12.2. The molecule has 2 rings (SSSR count). The largest absolute Gasteiger partial charge is 0.350 e. The Kier molecular flexibility index (Phi) is 4.51. The maximum atomic E-state index is 12.2. The Morgan fingerprint density at radius 2 is 2.15 bits per heavy atom. The lowest BCUT2D eigenvalue weighted by atomic mass is 10.1. The number of aromatic nitrogens is 1. The van der Waals surface area contributed by atoms with Crippen LogP contribution in [-0.2, 0) is 0 Å². The zero-order valence-electron chi connectivity index (χ0n) is 11.2. The predicted octanol–water partition coefficient (Wildman–Crippen LogP) is 2.72. The van der Waals surface area contributed by atoms with Gasteiger partial charge in [0.25, 0.3) is 5.91 Å². The monoisotopic (exact) mass is 269 g/mol. The number of rotatable bonds is 5. The second kappa shape index (κ2) is 6.53. The summed E-state index contributed by atoms with van der Waals surface area (Å²) in [5, 5.41) is 12.7. The van der Waals surface area contributed by atoms with Gasteiger partial charge in [-0.15, -0.1) is 0 Å². The summed E-state index contributed by atoms with van der Waals surface area (Å²) in [4.78, 5) is 13.7. The van der Waals surface area contributed by atoms with Crippen molar-refractivity contribution in [3.63, 3.8) is 0 Å². The Morgan fingerprint density at radius 3 is 2.80 bits per heavy atom. The van der Waals surface area contributed by atoms with Crippen molar-refractivity contribution in [2.45, 2.75) is 13.3 Å². The lowest BCUT2D eigenvalue weighted by Gasteiger charge is -2.16. The summed E-state index contributed by atoms with van der Waals surface area (Å²) in [5.41, 5.74) is 1.50. The highest BCUT2D eigenvalue weighted by atomic mass is 16.5. The minimum atomic E-state index is -0.303. The highest BCUT2D eigenvalue weighted by molar-refractivity contribution is 5.92. The Morgan fingerprint density at radius 1 is 1.40 bits per heavy atom. The molecule has 1 aromatic heterocycles. The number of amides is 1. The quantitative estimate of drug-likeness (QED) is 0.782. The first-order chi connectivity index (χ1) is 9.76. The highest BCUT2D eigenvalue weighted by Gasteiger charge is 2.20. The van der Waals surface area contributed by atoms with E-state index in [1.165, 1.54) is 4.90 Å². The molecule has 0 unspecified atom stereocenters. The number of hydrogen-bond donors (Lipinski definition) is 0. The van der Waals surface area contributed by atoms with Gasteiger partial charge in [0, 0.05) is 18.2 Å². The van der Waals surface area contributed by atoms with Crippen LogP contribution in [0.1, 0.15) is 23.9 Å². The smallest absolute Gasteiger partial charge is 0.293 e. The molecule has 0 aliphatic carbocycles. The molecular weight excluding hydrogens is 254 g/mol. The predicted molar refractivity (Wildman–Crippen MR) is 73.7 cm³/mol. The average Bonchev–Trinajstić information content (AvgIpc) is 2.97. The van der Waals surface area contributed by atoms with Crippen LogP contribution in [0.3, 0.4) is 0 Å². The van der Waals surface area contributed by atoms with E-state index in [1.54, 1.807) is 6.07 Å². The van der Waals surface area contributed by atoms with Gasteiger partial charge in [0.1, 0.15) is 12.2 Å². The third-order valence-electron chi connectivity index (χ3n) is 2.83. The first-order valence-corrected chi connectivity index (χ1v) is 6.44. The fraction of sp³-hybridized carbons (Fsp3) is 0.267. The van der Waals surface area contributed by atoms with Crippen molar-refractivity contribution in [1.29, 1.82) is 5.26 Å². The zero-order valence-corrected chi connectivity index (χ0v) is 11.2. The van der Waals surface area contributed by atoms with E-state index >= 15 is 0 Å². The molecule has 0 N–H and O–H groups in total. The van der Waals surface area contributed by atoms with E-state index < -0.39 is 0 Å². The van der Waals surface area contributed by atoms with Crippen molar-refractivity contribution in [3.8, 4) is 17.3 Å². The summed E-state index contributed by atoms with van der Waals surface area (Å²) in [6.45, 7) is 2.52. The summed E-state index contributed by atoms with van der Waals surface area (Å²) in [6, 6.07) is 13.1. The van der Waals surface area contributed by atoms with Crippen LogP contribution in [0.2, 0.25) is 0 Å². The number of carbonyl (C=O) groups is 1. The molecular formula is C15H15N3O2. The lowest BCUT2D eigenvalue weighted by Crippen LogP contribution is -2.31. The third-order valence-corrected chi connectivity index (χ3v) is 2.83. The van der Waals surface area contributed by atoms with Crippen LogP contribution >= 0.6 is 0 Å². The van der Waals surface area contributed by atoms with Gasteiger partial charge in [-0.2, -0.15) is 5.26 Å². The fourth-order valence-electron chi connectivity index (χ4n) is 1.88. The molecule has 0 atom stereocenters. The van der Waals surface area contributed by atoms with Crippen molar-refractivity contribution >= 4 is 5.91 Å². The second-order valence-corrected chi connectivity index (χ2v) is 4.33. The second-order valence-electron chi connectivity index (χ2n) is 4.33. The number of nitriles is 1. The Hall–Kier alpha value is -2.61. The number of nitrogens with zero attached hydrogens (tertiary/aromatic N) is 3. The SMILES string of the molecule is CCCN(CC#N)C(=O)c1cc(-c2ccccc2)no1. The van der Waals surface area contributed by atoms with Crippen LogP contribution in [0.25, 0.3) is 11.3 Å². The van der Waals surface area contributed by atoms with E-state index in [0.29, 0.717) is 12.2 Å². The van der Waals surface area contributed by atoms with E-state index in [1.807, 2.05) is 43.3 Å². The maximum Gasteiger partial charge on any atom is 0.293 e. The number of benzene rings is 1. The normalized spacial score (nSPS) is 10.0. The van der Waals surface area contributed by atoms with Crippen LogP contribution in [0, 0.1) is 11.3 Å². The van der Waals surface area contributed by atoms with Crippen molar-refractivity contribution in [1.82, 2.24) is 10.1 Å². The van der Waals surface area contributed by atoms with Crippen molar-refractivity contribution in [2.24, 2.45) is 0 Å². The van der Waals surface area contributed by atoms with Crippen LogP contribution in [0.15, 0.2) is 40.9 Å². The van der Waals surface area contributed by atoms with Crippen molar-refractivity contribution in [3.05, 3.63) is 42.2 Å².